The Labute approximate surface area is 163 Å². The molecule has 1 amide bonds. The highest BCUT2D eigenvalue weighted by molar-refractivity contribution is 5.93. The van der Waals surface area contributed by atoms with Crippen molar-refractivity contribution in [2.75, 3.05) is 13.1 Å². The molecule has 2 N–H and O–H groups in total. The van der Waals surface area contributed by atoms with Gasteiger partial charge in [-0.2, -0.15) is 0 Å². The van der Waals surface area contributed by atoms with Crippen LogP contribution in [0.5, 0.6) is 0 Å². The number of hydrogen-bond acceptors (Lipinski definition) is 3. The zero-order valence-electron chi connectivity index (χ0n) is 15.8. The summed E-state index contributed by atoms with van der Waals surface area (Å²) in [6, 6.07) is 4.51. The zero-order valence-corrected chi connectivity index (χ0v) is 15.8. The fourth-order valence-corrected chi connectivity index (χ4v) is 7.25. The summed E-state index contributed by atoms with van der Waals surface area (Å²) in [6.45, 7) is 2.76. The predicted molar refractivity (Wildman–Crippen MR) is 104 cm³/mol. The van der Waals surface area contributed by atoms with Gasteiger partial charge in [0.05, 0.1) is 0 Å². The number of likely N-dealkylation sites (tertiary alicyclic amines) is 1. The molecule has 1 aromatic carbocycles. The van der Waals surface area contributed by atoms with Gasteiger partial charge in [0, 0.05) is 27.1 Å². The maximum absolute atomic E-state index is 14.5. The van der Waals surface area contributed by atoms with Crippen LogP contribution in [0.25, 0.3) is 0 Å². The molecule has 150 valence electrons. The summed E-state index contributed by atoms with van der Waals surface area (Å²) in [5, 5.41) is 8.72. The van der Waals surface area contributed by atoms with Crippen LogP contribution in [0.3, 0.4) is 0 Å². The highest BCUT2D eigenvalue weighted by Gasteiger charge is 2.57. The number of piperidine rings is 1. The molecule has 0 unspecified atom stereocenters. The number of nitrogens with zero attached hydrogens (tertiary/aromatic N) is 1. The summed E-state index contributed by atoms with van der Waals surface area (Å²) in [7, 11) is 0. The Kier molecular flexibility index (Phi) is 4.28. The Hall–Kier alpha value is -1.46. The van der Waals surface area contributed by atoms with E-state index in [0.29, 0.717) is 17.5 Å². The second-order valence-corrected chi connectivity index (χ2v) is 9.60. The van der Waals surface area contributed by atoms with Gasteiger partial charge in [0.25, 0.3) is 5.91 Å². The van der Waals surface area contributed by atoms with Crippen molar-refractivity contribution < 1.29 is 17.2 Å². The maximum atomic E-state index is 14.5. The predicted octanol–water partition coefficient (Wildman–Crippen LogP) is 4.48. The minimum Gasteiger partial charge on any atom is -0.298 e. The summed E-state index contributed by atoms with van der Waals surface area (Å²) >= 11 is 0. The van der Waals surface area contributed by atoms with E-state index in [9.17, 15) is 9.18 Å². The molecule has 5 aliphatic rings. The molecule has 0 radical (unpaired) electrons. The Bertz CT molecular complexity index is 732. The van der Waals surface area contributed by atoms with E-state index in [1.54, 1.807) is 17.6 Å². The monoisotopic (exact) mass is 376 g/mol. The van der Waals surface area contributed by atoms with Gasteiger partial charge in [0.1, 0.15) is 5.82 Å². The SMILES string of the molecule is O=C(NO)c1ccc(CN2CCCC3(C2)C2CC4CC(C2)CC3C4)c(F)c1.[HH].[HH]. The van der Waals surface area contributed by atoms with Crippen molar-refractivity contribution in [1.29, 1.82) is 0 Å². The van der Waals surface area contributed by atoms with Crippen LogP contribution in [0, 0.1) is 34.9 Å². The van der Waals surface area contributed by atoms with Crippen molar-refractivity contribution in [3.63, 3.8) is 0 Å². The number of carbonyl (C=O) groups excluding carboxylic acids is 1. The molecule has 1 aromatic rings. The summed E-state index contributed by atoms with van der Waals surface area (Å²) in [5.74, 6) is 2.70. The lowest BCUT2D eigenvalue weighted by atomic mass is 9.44. The van der Waals surface area contributed by atoms with Crippen LogP contribution in [0.4, 0.5) is 4.39 Å². The van der Waals surface area contributed by atoms with E-state index in [1.165, 1.54) is 51.0 Å². The van der Waals surface area contributed by atoms with Gasteiger partial charge >= 0.3 is 0 Å². The Morgan fingerprint density at radius 2 is 1.93 bits per heavy atom. The number of nitrogens with one attached hydrogen (secondary N) is 1. The Morgan fingerprint density at radius 1 is 1.22 bits per heavy atom. The van der Waals surface area contributed by atoms with E-state index in [1.807, 2.05) is 0 Å². The van der Waals surface area contributed by atoms with Crippen molar-refractivity contribution in [1.82, 2.24) is 10.4 Å². The lowest BCUT2D eigenvalue weighted by Gasteiger charge is -2.64. The Morgan fingerprint density at radius 3 is 2.56 bits per heavy atom. The van der Waals surface area contributed by atoms with Gasteiger partial charge in [-0.25, -0.2) is 9.87 Å². The number of hydroxylamine groups is 1. The maximum Gasteiger partial charge on any atom is 0.274 e. The van der Waals surface area contributed by atoms with Crippen molar-refractivity contribution in [3.8, 4) is 0 Å². The van der Waals surface area contributed by atoms with Crippen LogP contribution < -0.4 is 5.48 Å². The molecule has 27 heavy (non-hydrogen) atoms. The average molecular weight is 377 g/mol. The second-order valence-electron chi connectivity index (χ2n) is 9.60. The number of benzene rings is 1. The molecule has 6 rings (SSSR count). The normalized spacial score (nSPS) is 37.7. The van der Waals surface area contributed by atoms with Crippen LogP contribution in [-0.4, -0.2) is 29.1 Å². The number of halogens is 1. The minimum atomic E-state index is -0.675. The van der Waals surface area contributed by atoms with Crippen LogP contribution in [-0.2, 0) is 6.54 Å². The van der Waals surface area contributed by atoms with Crippen LogP contribution in [0.1, 0.15) is 63.7 Å². The van der Waals surface area contributed by atoms with Gasteiger partial charge in [-0.15, -0.1) is 0 Å². The first-order chi connectivity index (χ1) is 13.1. The summed E-state index contributed by atoms with van der Waals surface area (Å²) in [5.41, 5.74) is 2.82. The van der Waals surface area contributed by atoms with Gasteiger partial charge in [0.2, 0.25) is 0 Å². The fourth-order valence-electron chi connectivity index (χ4n) is 7.25. The van der Waals surface area contributed by atoms with Crippen molar-refractivity contribution >= 4 is 5.91 Å². The molecular formula is C22H33FN2O2. The highest BCUT2D eigenvalue weighted by atomic mass is 19.1. The van der Waals surface area contributed by atoms with E-state index < -0.39 is 5.91 Å². The molecule has 4 saturated carbocycles. The lowest BCUT2D eigenvalue weighted by Crippen LogP contribution is -2.59. The quantitative estimate of drug-likeness (QED) is 0.604. The van der Waals surface area contributed by atoms with Gasteiger partial charge in [-0.3, -0.25) is 14.9 Å². The third kappa shape index (κ3) is 2.90. The fraction of sp³-hybridized carbons (Fsp3) is 0.682. The largest absolute Gasteiger partial charge is 0.298 e. The van der Waals surface area contributed by atoms with E-state index >= 15 is 0 Å². The van der Waals surface area contributed by atoms with Gasteiger partial charge in [0.15, 0.2) is 0 Å². The number of rotatable bonds is 3. The number of hydrogen-bond donors (Lipinski definition) is 2. The first-order valence-electron chi connectivity index (χ1n) is 10.5. The van der Waals surface area contributed by atoms with E-state index in [0.717, 1.165) is 36.8 Å². The van der Waals surface area contributed by atoms with Crippen LogP contribution >= 0.6 is 0 Å². The molecule has 0 aromatic heterocycles. The molecule has 4 aliphatic carbocycles. The van der Waals surface area contributed by atoms with Gasteiger partial charge in [-0.05, 0) is 92.7 Å². The van der Waals surface area contributed by atoms with Crippen molar-refractivity contribution in [3.05, 3.63) is 35.1 Å². The minimum absolute atomic E-state index is 0. The van der Waals surface area contributed by atoms with Gasteiger partial charge < -0.3 is 0 Å². The third-order valence-electron chi connectivity index (χ3n) is 8.21. The molecule has 5 fully saturated rings. The topological polar surface area (TPSA) is 52.6 Å². The van der Waals surface area contributed by atoms with Crippen molar-refractivity contribution in [2.45, 2.75) is 51.5 Å². The van der Waals surface area contributed by atoms with E-state index in [4.69, 9.17) is 5.21 Å². The standard InChI is InChI=1S/C22H29FN2O2.2H2/c23-20-11-16(21(26)24-27)2-3-17(20)12-25-5-1-4-22(13-25)18-7-14-6-15(9-18)10-19(22)8-14;;/h2-3,11,14-15,18-19,27H,1,4-10,12-13H2,(H,24,26);2*1H. The smallest absolute Gasteiger partial charge is 0.274 e. The van der Waals surface area contributed by atoms with Crippen molar-refractivity contribution in [2.24, 2.45) is 29.1 Å². The highest BCUT2D eigenvalue weighted by Crippen LogP contribution is 2.64. The van der Waals surface area contributed by atoms with Crippen LogP contribution in [0.15, 0.2) is 18.2 Å². The molecule has 1 heterocycles. The summed E-state index contributed by atoms with van der Waals surface area (Å²) < 4.78 is 14.5. The molecular weight excluding hydrogens is 343 g/mol. The average Bonchev–Trinajstić information content (AvgIpc) is 2.67. The van der Waals surface area contributed by atoms with E-state index in [-0.39, 0.29) is 14.2 Å². The van der Waals surface area contributed by atoms with E-state index in [2.05, 4.69) is 4.90 Å². The number of carbonyl (C=O) groups is 1. The third-order valence-corrected chi connectivity index (χ3v) is 8.21. The molecule has 1 saturated heterocycles. The summed E-state index contributed by atoms with van der Waals surface area (Å²) in [6.07, 6.45) is 9.78. The first kappa shape index (κ1) is 17.6. The second kappa shape index (κ2) is 6.56. The molecule has 1 spiro atoms. The molecule has 1 aliphatic heterocycles. The number of amides is 1. The molecule has 4 nitrogen and oxygen atoms in total. The first-order valence-corrected chi connectivity index (χ1v) is 10.5. The summed E-state index contributed by atoms with van der Waals surface area (Å²) in [4.78, 5) is 13.9. The molecule has 5 heteroatoms. The molecule has 4 bridgehead atoms. The zero-order chi connectivity index (χ0) is 18.6. The van der Waals surface area contributed by atoms with Gasteiger partial charge in [-0.1, -0.05) is 6.07 Å². The molecule has 0 atom stereocenters. The van der Waals surface area contributed by atoms with Crippen LogP contribution in [0.2, 0.25) is 0 Å². The lowest BCUT2D eigenvalue weighted by molar-refractivity contribution is -0.140. The Balaban J connectivity index is 0.00000120.